The van der Waals surface area contributed by atoms with Gasteiger partial charge in [0.15, 0.2) is 5.96 Å². The Morgan fingerprint density at radius 1 is 1.26 bits per heavy atom. The number of guanidine groups is 1. The van der Waals surface area contributed by atoms with Crippen molar-refractivity contribution in [2.24, 2.45) is 4.99 Å². The van der Waals surface area contributed by atoms with Gasteiger partial charge in [0.25, 0.3) is 0 Å². The van der Waals surface area contributed by atoms with Gasteiger partial charge >= 0.3 is 0 Å². The van der Waals surface area contributed by atoms with Gasteiger partial charge in [0, 0.05) is 37.0 Å². The molecule has 9 heteroatoms. The molecule has 1 fully saturated rings. The number of nitrogens with zero attached hydrogens (tertiary/aromatic N) is 4. The van der Waals surface area contributed by atoms with Gasteiger partial charge < -0.3 is 10.6 Å². The lowest BCUT2D eigenvalue weighted by molar-refractivity contribution is 0.392. The zero-order valence-corrected chi connectivity index (χ0v) is 17.6. The molecule has 3 unspecified atom stereocenters. The van der Waals surface area contributed by atoms with Gasteiger partial charge in [-0.1, -0.05) is 6.07 Å². The maximum Gasteiger partial charge on any atom is 0.191 e. The average Bonchev–Trinajstić information content (AvgIpc) is 3.24. The van der Waals surface area contributed by atoms with Gasteiger partial charge in [-0.25, -0.2) is 18.4 Å². The zero-order chi connectivity index (χ0) is 18.3. The van der Waals surface area contributed by atoms with Crippen LogP contribution in [0.1, 0.15) is 36.0 Å². The number of halogens is 3. The molecule has 27 heavy (non-hydrogen) atoms. The average molecular weight is 488 g/mol. The topological polar surface area (TPSA) is 67.1 Å². The van der Waals surface area contributed by atoms with Crippen LogP contribution in [0.3, 0.4) is 0 Å². The minimum Gasteiger partial charge on any atom is -0.353 e. The molecule has 3 atom stereocenters. The van der Waals surface area contributed by atoms with Crippen molar-refractivity contribution in [3.8, 4) is 0 Å². The third kappa shape index (κ3) is 4.22. The maximum absolute atomic E-state index is 13.9. The fraction of sp³-hybridized carbons (Fsp3) is 0.500. The quantitative estimate of drug-likeness (QED) is 0.396. The van der Waals surface area contributed by atoms with E-state index in [1.165, 1.54) is 18.2 Å². The summed E-state index contributed by atoms with van der Waals surface area (Å²) in [5, 5.41) is 11.1. The smallest absolute Gasteiger partial charge is 0.191 e. The molecule has 0 bridgehead atoms. The number of rotatable bonds is 3. The number of fused-ring (bicyclic) bond motifs is 1. The fourth-order valence-corrected chi connectivity index (χ4v) is 3.63. The van der Waals surface area contributed by atoms with E-state index < -0.39 is 11.6 Å². The Morgan fingerprint density at radius 2 is 2.00 bits per heavy atom. The maximum atomic E-state index is 13.9. The van der Waals surface area contributed by atoms with Crippen molar-refractivity contribution in [3.05, 3.63) is 47.0 Å². The van der Waals surface area contributed by atoms with Gasteiger partial charge in [-0.3, -0.25) is 4.99 Å². The Bertz CT molecular complexity index is 832. The van der Waals surface area contributed by atoms with Crippen LogP contribution in [0, 0.1) is 18.6 Å². The van der Waals surface area contributed by atoms with E-state index >= 15 is 0 Å². The molecule has 146 valence electrons. The molecule has 0 radical (unpaired) electrons. The molecule has 0 amide bonds. The molecule has 1 aliphatic carbocycles. The molecule has 2 aliphatic rings. The number of aryl methyl sites for hydroxylation is 2. The third-order valence-corrected chi connectivity index (χ3v) is 5.01. The summed E-state index contributed by atoms with van der Waals surface area (Å²) in [6.07, 6.45) is 2.49. The number of hydrogen-bond donors (Lipinski definition) is 2. The summed E-state index contributed by atoms with van der Waals surface area (Å²) in [7, 11) is 1.70. The molecule has 1 aromatic heterocycles. The first-order chi connectivity index (χ1) is 12.5. The van der Waals surface area contributed by atoms with Crippen molar-refractivity contribution in [2.75, 3.05) is 7.05 Å². The van der Waals surface area contributed by atoms with Crippen molar-refractivity contribution in [3.63, 3.8) is 0 Å². The Kier molecular flexibility index (Phi) is 5.97. The summed E-state index contributed by atoms with van der Waals surface area (Å²) in [6.45, 7) is 2.62. The molecule has 6 nitrogen and oxygen atoms in total. The number of benzene rings is 1. The molecule has 1 saturated carbocycles. The number of aliphatic imine (C=N–C) groups is 1. The molecular weight excluding hydrogens is 465 g/mol. The van der Waals surface area contributed by atoms with Crippen LogP contribution in [-0.4, -0.2) is 39.9 Å². The van der Waals surface area contributed by atoms with Gasteiger partial charge in [0.2, 0.25) is 0 Å². The predicted octanol–water partition coefficient (Wildman–Crippen LogP) is 2.52. The highest BCUT2D eigenvalue weighted by molar-refractivity contribution is 14.0. The first kappa shape index (κ1) is 20.0. The highest BCUT2D eigenvalue weighted by atomic mass is 127. The summed E-state index contributed by atoms with van der Waals surface area (Å²) >= 11 is 0. The Labute approximate surface area is 173 Å². The van der Waals surface area contributed by atoms with Crippen molar-refractivity contribution < 1.29 is 8.78 Å². The summed E-state index contributed by atoms with van der Waals surface area (Å²) in [6, 6.07) is 4.18. The predicted molar refractivity (Wildman–Crippen MR) is 109 cm³/mol. The number of aromatic nitrogens is 3. The second kappa shape index (κ2) is 8.07. The second-order valence-corrected chi connectivity index (χ2v) is 6.94. The molecule has 2 N–H and O–H groups in total. The lowest BCUT2D eigenvalue weighted by Crippen LogP contribution is -2.47. The lowest BCUT2D eigenvalue weighted by atomic mass is 10.1. The zero-order valence-electron chi connectivity index (χ0n) is 15.2. The van der Waals surface area contributed by atoms with Crippen LogP contribution in [0.5, 0.6) is 0 Å². The van der Waals surface area contributed by atoms with E-state index in [-0.39, 0.29) is 47.5 Å². The molecule has 0 spiro atoms. The van der Waals surface area contributed by atoms with Gasteiger partial charge in [-0.05, 0) is 31.9 Å². The second-order valence-electron chi connectivity index (χ2n) is 6.94. The summed E-state index contributed by atoms with van der Waals surface area (Å²) in [5.74, 6) is 1.33. The number of nitrogens with one attached hydrogen (secondary N) is 2. The van der Waals surface area contributed by atoms with Crippen LogP contribution in [0.15, 0.2) is 23.2 Å². The molecular formula is C18H23F2IN6. The Hall–Kier alpha value is -1.78. The molecule has 2 aromatic rings. The van der Waals surface area contributed by atoms with Crippen LogP contribution >= 0.6 is 24.0 Å². The van der Waals surface area contributed by atoms with Gasteiger partial charge in [0.1, 0.15) is 23.3 Å². The first-order valence-corrected chi connectivity index (χ1v) is 8.89. The summed E-state index contributed by atoms with van der Waals surface area (Å²) in [5.41, 5.74) is 0.167. The van der Waals surface area contributed by atoms with E-state index in [9.17, 15) is 8.78 Å². The first-order valence-electron chi connectivity index (χ1n) is 8.89. The minimum absolute atomic E-state index is 0. The SMILES string of the molecule is CN=C(NC1CCc2nc(C)nn2C1)NC1CC1c1c(F)cccc1F.I. The standard InChI is InChI=1S/C18H22F2N6.HI/c1-10-22-16-7-6-11(9-26(16)25-10)23-18(21-2)24-15-8-12(15)17-13(19)4-3-5-14(17)20;/h3-5,11-12,15H,6-9H2,1-2H3,(H2,21,23,24);1H. The molecule has 2 heterocycles. The Morgan fingerprint density at radius 3 is 2.70 bits per heavy atom. The highest BCUT2D eigenvalue weighted by Gasteiger charge is 2.42. The van der Waals surface area contributed by atoms with Crippen molar-refractivity contribution in [2.45, 2.75) is 50.7 Å². The van der Waals surface area contributed by atoms with E-state index in [2.05, 4.69) is 25.7 Å². The summed E-state index contributed by atoms with van der Waals surface area (Å²) < 4.78 is 29.8. The third-order valence-electron chi connectivity index (χ3n) is 5.01. The van der Waals surface area contributed by atoms with Crippen molar-refractivity contribution in [1.82, 2.24) is 25.4 Å². The van der Waals surface area contributed by atoms with Gasteiger partial charge in [-0.15, -0.1) is 24.0 Å². The molecule has 4 rings (SSSR count). The Balaban J connectivity index is 0.00000210. The van der Waals surface area contributed by atoms with E-state index in [0.29, 0.717) is 12.4 Å². The van der Waals surface area contributed by atoms with E-state index in [1.807, 2.05) is 11.6 Å². The van der Waals surface area contributed by atoms with E-state index in [4.69, 9.17) is 0 Å². The van der Waals surface area contributed by atoms with E-state index in [1.54, 1.807) is 7.05 Å². The highest BCUT2D eigenvalue weighted by Crippen LogP contribution is 2.43. The van der Waals surface area contributed by atoms with E-state index in [0.717, 1.165) is 31.0 Å². The van der Waals surface area contributed by atoms with Crippen LogP contribution in [0.25, 0.3) is 0 Å². The van der Waals surface area contributed by atoms with Gasteiger partial charge in [0.05, 0.1) is 6.54 Å². The van der Waals surface area contributed by atoms with Crippen LogP contribution in [0.4, 0.5) is 8.78 Å². The monoisotopic (exact) mass is 488 g/mol. The number of hydrogen-bond acceptors (Lipinski definition) is 3. The van der Waals surface area contributed by atoms with Crippen LogP contribution < -0.4 is 10.6 Å². The fourth-order valence-electron chi connectivity index (χ4n) is 3.63. The molecule has 1 aromatic carbocycles. The largest absolute Gasteiger partial charge is 0.353 e. The lowest BCUT2D eigenvalue weighted by Gasteiger charge is -2.25. The van der Waals surface area contributed by atoms with Gasteiger partial charge in [-0.2, -0.15) is 5.10 Å². The van der Waals surface area contributed by atoms with Crippen LogP contribution in [-0.2, 0) is 13.0 Å². The van der Waals surface area contributed by atoms with Crippen molar-refractivity contribution >= 4 is 29.9 Å². The normalized spacial score (nSPS) is 24.0. The minimum atomic E-state index is -0.483. The molecule has 1 aliphatic heterocycles. The van der Waals surface area contributed by atoms with Crippen LogP contribution in [0.2, 0.25) is 0 Å². The molecule has 0 saturated heterocycles. The van der Waals surface area contributed by atoms with Crippen molar-refractivity contribution in [1.29, 1.82) is 0 Å². The summed E-state index contributed by atoms with van der Waals surface area (Å²) in [4.78, 5) is 8.67.